The molecule has 3 aromatic rings. The molecule has 3 aromatic carbocycles. The number of carbonyl (C=O) groups excluding carboxylic acids is 2. The normalized spacial score (nSPS) is 17.4. The monoisotopic (exact) mass is 465 g/mol. The molecule has 33 heavy (non-hydrogen) atoms. The highest BCUT2D eigenvalue weighted by molar-refractivity contribution is 6.30. The number of aryl methyl sites for hydroxylation is 1. The van der Waals surface area contributed by atoms with Crippen LogP contribution in [0.4, 0.5) is 4.79 Å². The Morgan fingerprint density at radius 1 is 0.939 bits per heavy atom. The number of alkyl carbamates (subject to hydrolysis) is 1. The van der Waals surface area contributed by atoms with Gasteiger partial charge in [0, 0.05) is 11.4 Å². The first kappa shape index (κ1) is 22.7. The number of amides is 2. The Bertz CT molecular complexity index is 1180. The van der Waals surface area contributed by atoms with Crippen molar-refractivity contribution in [3.8, 4) is 23.0 Å². The molecule has 170 valence electrons. The van der Waals surface area contributed by atoms with Crippen LogP contribution in [-0.4, -0.2) is 17.6 Å². The van der Waals surface area contributed by atoms with Crippen molar-refractivity contribution in [2.45, 2.75) is 38.7 Å². The van der Waals surface area contributed by atoms with Gasteiger partial charge in [-0.15, -0.1) is 0 Å². The Balaban J connectivity index is 1.52. The van der Waals surface area contributed by atoms with Gasteiger partial charge in [0.05, 0.1) is 0 Å². The summed E-state index contributed by atoms with van der Waals surface area (Å²) in [6.45, 7) is 3.70. The standard InChI is InChI=1S/C26H24ClNO5/c1-3-5-18-15-22(31-20-10-8-19(27)9-11-20)12-13-23(18)32-21-7-4-6-17(14-21)16-26(2)24(29)28-25(30)33-26/h4,6-15H,3,5,16H2,1-2H3,(H,28,29,30)/t26-/m1/s1. The fraction of sp³-hybridized carbons (Fsp3) is 0.231. The van der Waals surface area contributed by atoms with Gasteiger partial charge in [-0.2, -0.15) is 0 Å². The molecule has 4 rings (SSSR count). The number of imide groups is 1. The third-order valence-corrected chi connectivity index (χ3v) is 5.53. The fourth-order valence-electron chi connectivity index (χ4n) is 3.68. The minimum absolute atomic E-state index is 0.247. The Morgan fingerprint density at radius 3 is 2.36 bits per heavy atom. The molecule has 0 aromatic heterocycles. The lowest BCUT2D eigenvalue weighted by Gasteiger charge is -2.19. The highest BCUT2D eigenvalue weighted by atomic mass is 35.5. The maximum Gasteiger partial charge on any atom is 0.415 e. The Hall–Kier alpha value is -3.51. The quantitative estimate of drug-likeness (QED) is 0.414. The number of nitrogens with one attached hydrogen (secondary N) is 1. The molecule has 1 heterocycles. The number of rotatable bonds is 8. The van der Waals surface area contributed by atoms with Crippen molar-refractivity contribution in [2.24, 2.45) is 0 Å². The summed E-state index contributed by atoms with van der Waals surface area (Å²) in [5.41, 5.74) is 0.606. The number of cyclic esters (lactones) is 1. The summed E-state index contributed by atoms with van der Waals surface area (Å²) in [6.07, 6.45) is 1.29. The molecule has 0 bridgehead atoms. The summed E-state index contributed by atoms with van der Waals surface area (Å²) >= 11 is 5.94. The number of hydrogen-bond donors (Lipinski definition) is 1. The summed E-state index contributed by atoms with van der Waals surface area (Å²) in [4.78, 5) is 23.5. The van der Waals surface area contributed by atoms with Crippen LogP contribution in [0.15, 0.2) is 66.7 Å². The van der Waals surface area contributed by atoms with Gasteiger partial charge in [-0.25, -0.2) is 4.79 Å². The van der Waals surface area contributed by atoms with Crippen LogP contribution in [-0.2, 0) is 22.4 Å². The molecular weight excluding hydrogens is 442 g/mol. The number of benzene rings is 3. The molecule has 1 saturated heterocycles. The van der Waals surface area contributed by atoms with E-state index >= 15 is 0 Å². The number of hydrogen-bond acceptors (Lipinski definition) is 5. The van der Waals surface area contributed by atoms with Gasteiger partial charge in [-0.1, -0.05) is 37.1 Å². The molecule has 1 atom stereocenters. The summed E-state index contributed by atoms with van der Waals surface area (Å²) in [6, 6.07) is 20.3. The summed E-state index contributed by atoms with van der Waals surface area (Å²) in [5, 5.41) is 2.83. The molecule has 7 heteroatoms. The van der Waals surface area contributed by atoms with E-state index in [1.807, 2.05) is 54.6 Å². The highest BCUT2D eigenvalue weighted by Crippen LogP contribution is 2.33. The van der Waals surface area contributed by atoms with Crippen molar-refractivity contribution in [2.75, 3.05) is 0 Å². The zero-order chi connectivity index (χ0) is 23.4. The van der Waals surface area contributed by atoms with Crippen molar-refractivity contribution < 1.29 is 23.8 Å². The average Bonchev–Trinajstić information content (AvgIpc) is 3.03. The van der Waals surface area contributed by atoms with E-state index in [9.17, 15) is 9.59 Å². The summed E-state index contributed by atoms with van der Waals surface area (Å²) < 4.78 is 17.3. The summed E-state index contributed by atoms with van der Waals surface area (Å²) in [5.74, 6) is 2.33. The molecule has 1 aliphatic heterocycles. The number of ether oxygens (including phenoxy) is 3. The predicted molar refractivity (Wildman–Crippen MR) is 125 cm³/mol. The zero-order valence-electron chi connectivity index (χ0n) is 18.4. The van der Waals surface area contributed by atoms with Crippen molar-refractivity contribution in [1.29, 1.82) is 0 Å². The van der Waals surface area contributed by atoms with Crippen LogP contribution >= 0.6 is 11.6 Å². The van der Waals surface area contributed by atoms with Crippen molar-refractivity contribution in [1.82, 2.24) is 5.32 Å². The van der Waals surface area contributed by atoms with Crippen LogP contribution in [0.5, 0.6) is 23.0 Å². The van der Waals surface area contributed by atoms with E-state index in [1.165, 1.54) is 0 Å². The van der Waals surface area contributed by atoms with Crippen molar-refractivity contribution in [3.05, 3.63) is 82.9 Å². The van der Waals surface area contributed by atoms with Crippen LogP contribution in [0.2, 0.25) is 5.02 Å². The fourth-order valence-corrected chi connectivity index (χ4v) is 3.80. The molecule has 0 radical (unpaired) electrons. The second kappa shape index (κ2) is 9.55. The molecule has 1 N–H and O–H groups in total. The molecule has 0 unspecified atom stereocenters. The molecule has 1 fully saturated rings. The molecule has 0 spiro atoms. The molecule has 0 saturated carbocycles. The average molecular weight is 466 g/mol. The van der Waals surface area contributed by atoms with E-state index < -0.39 is 17.6 Å². The third-order valence-electron chi connectivity index (χ3n) is 5.28. The highest BCUT2D eigenvalue weighted by Gasteiger charge is 2.44. The first-order valence-corrected chi connectivity index (χ1v) is 11.1. The third kappa shape index (κ3) is 5.46. The molecule has 0 aliphatic carbocycles. The topological polar surface area (TPSA) is 73.9 Å². The predicted octanol–water partition coefficient (Wildman–Crippen LogP) is 6.44. The minimum atomic E-state index is -1.23. The van der Waals surface area contributed by atoms with E-state index in [4.69, 9.17) is 25.8 Å². The van der Waals surface area contributed by atoms with E-state index in [2.05, 4.69) is 12.2 Å². The van der Waals surface area contributed by atoms with E-state index in [-0.39, 0.29) is 6.42 Å². The van der Waals surface area contributed by atoms with Gasteiger partial charge in [0.1, 0.15) is 23.0 Å². The second-order valence-electron chi connectivity index (χ2n) is 8.08. The van der Waals surface area contributed by atoms with Gasteiger partial charge in [0.2, 0.25) is 0 Å². The van der Waals surface area contributed by atoms with Crippen LogP contribution < -0.4 is 14.8 Å². The van der Waals surface area contributed by atoms with E-state index in [0.29, 0.717) is 22.3 Å². The molecule has 6 nitrogen and oxygen atoms in total. The Morgan fingerprint density at radius 2 is 1.67 bits per heavy atom. The van der Waals surface area contributed by atoms with Gasteiger partial charge >= 0.3 is 6.09 Å². The maximum atomic E-state index is 12.1. The SMILES string of the molecule is CCCc1cc(Oc2ccc(Cl)cc2)ccc1Oc1cccc(C[C@@]2(C)OC(=O)NC2=O)c1. The Labute approximate surface area is 197 Å². The largest absolute Gasteiger partial charge is 0.457 e. The first-order chi connectivity index (χ1) is 15.8. The van der Waals surface area contributed by atoms with Gasteiger partial charge in [0.15, 0.2) is 5.60 Å². The van der Waals surface area contributed by atoms with Crippen LogP contribution in [0.25, 0.3) is 0 Å². The zero-order valence-corrected chi connectivity index (χ0v) is 19.1. The summed E-state index contributed by atoms with van der Waals surface area (Å²) in [7, 11) is 0. The minimum Gasteiger partial charge on any atom is -0.457 e. The van der Waals surface area contributed by atoms with E-state index in [1.54, 1.807) is 19.1 Å². The number of carbonyl (C=O) groups is 2. The van der Waals surface area contributed by atoms with Crippen LogP contribution in [0, 0.1) is 0 Å². The molecule has 1 aliphatic rings. The lowest BCUT2D eigenvalue weighted by atomic mass is 9.96. The van der Waals surface area contributed by atoms with Crippen molar-refractivity contribution in [3.63, 3.8) is 0 Å². The van der Waals surface area contributed by atoms with E-state index in [0.717, 1.165) is 29.7 Å². The van der Waals surface area contributed by atoms with Gasteiger partial charge < -0.3 is 14.2 Å². The van der Waals surface area contributed by atoms with Gasteiger partial charge in [-0.05, 0) is 79.1 Å². The maximum absolute atomic E-state index is 12.1. The lowest BCUT2D eigenvalue weighted by molar-refractivity contribution is -0.129. The van der Waals surface area contributed by atoms with Crippen LogP contribution in [0.1, 0.15) is 31.4 Å². The molecular formula is C26H24ClNO5. The van der Waals surface area contributed by atoms with Crippen molar-refractivity contribution >= 4 is 23.6 Å². The first-order valence-electron chi connectivity index (χ1n) is 10.7. The van der Waals surface area contributed by atoms with Gasteiger partial charge in [0.25, 0.3) is 5.91 Å². The number of halogens is 1. The Kier molecular flexibility index (Phi) is 6.56. The lowest BCUT2D eigenvalue weighted by Crippen LogP contribution is -2.38. The second-order valence-corrected chi connectivity index (χ2v) is 8.51. The smallest absolute Gasteiger partial charge is 0.415 e. The molecule has 2 amide bonds. The van der Waals surface area contributed by atoms with Crippen LogP contribution in [0.3, 0.4) is 0 Å². The van der Waals surface area contributed by atoms with Gasteiger partial charge in [-0.3, -0.25) is 10.1 Å².